The molecule has 0 amide bonds. The molecule has 1 aliphatic carbocycles. The lowest BCUT2D eigenvalue weighted by atomic mass is 9.67. The highest BCUT2D eigenvalue weighted by molar-refractivity contribution is 5.89. The fourth-order valence-electron chi connectivity index (χ4n) is 7.30. The molecule has 1 aliphatic rings. The van der Waals surface area contributed by atoms with Crippen molar-refractivity contribution in [2.24, 2.45) is 0 Å². The van der Waals surface area contributed by atoms with Crippen molar-refractivity contribution in [3.05, 3.63) is 192 Å². The van der Waals surface area contributed by atoms with E-state index in [2.05, 4.69) is 170 Å². The summed E-state index contributed by atoms with van der Waals surface area (Å²) in [6.45, 7) is 0. The molecule has 44 heavy (non-hydrogen) atoms. The summed E-state index contributed by atoms with van der Waals surface area (Å²) in [5.41, 5.74) is 14.1. The number of hydrogen-bond acceptors (Lipinski definition) is 1. The lowest BCUT2D eigenvalue weighted by Crippen LogP contribution is -2.28. The van der Waals surface area contributed by atoms with Crippen molar-refractivity contribution in [2.45, 2.75) is 5.41 Å². The zero-order chi connectivity index (χ0) is 29.1. The molecule has 0 unspecified atom stereocenters. The van der Waals surface area contributed by atoms with Gasteiger partial charge in [-0.25, -0.2) is 4.52 Å². The second kappa shape index (κ2) is 9.65. The van der Waals surface area contributed by atoms with Crippen LogP contribution in [0.2, 0.25) is 0 Å². The van der Waals surface area contributed by atoms with Gasteiger partial charge in [-0.2, -0.15) is 5.10 Å². The molecule has 0 atom stereocenters. The molecule has 0 spiro atoms. The first-order valence-electron chi connectivity index (χ1n) is 15.1. The molecule has 0 N–H and O–H groups in total. The van der Waals surface area contributed by atoms with Gasteiger partial charge < -0.3 is 0 Å². The average Bonchev–Trinajstić information content (AvgIpc) is 3.67. The van der Waals surface area contributed by atoms with Crippen LogP contribution in [0.25, 0.3) is 49.9 Å². The molecule has 2 aromatic heterocycles. The number of pyridine rings is 1. The van der Waals surface area contributed by atoms with Gasteiger partial charge in [0, 0.05) is 10.9 Å². The van der Waals surface area contributed by atoms with E-state index < -0.39 is 5.41 Å². The molecule has 0 saturated heterocycles. The molecule has 8 aromatic rings. The van der Waals surface area contributed by atoms with Crippen molar-refractivity contribution >= 4 is 16.4 Å². The first kappa shape index (κ1) is 24.8. The molecule has 0 bridgehead atoms. The highest BCUT2D eigenvalue weighted by Crippen LogP contribution is 2.56. The predicted octanol–water partition coefficient (Wildman–Crippen LogP) is 10.2. The molecule has 6 aromatic carbocycles. The Kier molecular flexibility index (Phi) is 5.45. The van der Waals surface area contributed by atoms with Crippen LogP contribution in [0.4, 0.5) is 0 Å². The summed E-state index contributed by atoms with van der Waals surface area (Å²) in [5.74, 6) is 0. The Hall–Kier alpha value is -5.73. The highest BCUT2D eigenvalue weighted by Gasteiger charge is 2.45. The maximum absolute atomic E-state index is 4.99. The van der Waals surface area contributed by atoms with E-state index in [1.807, 2.05) is 4.52 Å². The summed E-state index contributed by atoms with van der Waals surface area (Å²) in [7, 11) is 0. The molecule has 0 saturated carbocycles. The largest absolute Gasteiger partial charge is 0.232 e. The fraction of sp³-hybridized carbons (Fsp3) is 0.0238. The van der Waals surface area contributed by atoms with Gasteiger partial charge in [-0.3, -0.25) is 0 Å². The minimum absolute atomic E-state index is 0.399. The van der Waals surface area contributed by atoms with Crippen LogP contribution >= 0.6 is 0 Å². The minimum atomic E-state index is -0.399. The summed E-state index contributed by atoms with van der Waals surface area (Å²) in [6, 6.07) is 61.6. The van der Waals surface area contributed by atoms with E-state index in [1.54, 1.807) is 0 Å². The summed E-state index contributed by atoms with van der Waals surface area (Å²) < 4.78 is 2.05. The third kappa shape index (κ3) is 3.58. The van der Waals surface area contributed by atoms with Gasteiger partial charge in [-0.15, -0.1) is 0 Å². The maximum atomic E-state index is 4.99. The van der Waals surface area contributed by atoms with Crippen LogP contribution in [0.15, 0.2) is 170 Å². The van der Waals surface area contributed by atoms with Gasteiger partial charge in [0.05, 0.1) is 22.1 Å². The summed E-state index contributed by atoms with van der Waals surface area (Å²) >= 11 is 0. The lowest BCUT2D eigenvalue weighted by Gasteiger charge is -2.34. The van der Waals surface area contributed by atoms with Gasteiger partial charge in [-0.1, -0.05) is 146 Å². The Balaban J connectivity index is 1.19. The topological polar surface area (TPSA) is 17.3 Å². The number of fused-ring (bicyclic) bond motifs is 6. The number of hydrogen-bond donors (Lipinski definition) is 0. The number of benzene rings is 6. The third-order valence-corrected chi connectivity index (χ3v) is 9.31. The van der Waals surface area contributed by atoms with Gasteiger partial charge in [0.2, 0.25) is 0 Å². The molecule has 0 fully saturated rings. The summed E-state index contributed by atoms with van der Waals surface area (Å²) in [5, 5.41) is 6.17. The number of aromatic nitrogens is 2. The molecular weight excluding hydrogens is 532 g/mol. The van der Waals surface area contributed by atoms with Crippen molar-refractivity contribution in [3.63, 3.8) is 0 Å². The normalized spacial score (nSPS) is 13.2. The van der Waals surface area contributed by atoms with E-state index in [0.29, 0.717) is 0 Å². The maximum Gasteiger partial charge on any atom is 0.0933 e. The molecule has 2 nitrogen and oxygen atoms in total. The fourth-order valence-corrected chi connectivity index (χ4v) is 7.30. The van der Waals surface area contributed by atoms with Gasteiger partial charge >= 0.3 is 0 Å². The van der Waals surface area contributed by atoms with Crippen LogP contribution in [0.5, 0.6) is 0 Å². The molecule has 206 valence electrons. The SMILES string of the molecule is c1ccc(C2(c3ccccc3)c3ccccc3-c3ccc(-c4ccc(-c5cc6ccc7ccccc7n6n5)cc4)cc32)cc1. The number of nitrogens with zero attached hydrogens (tertiary/aromatic N) is 2. The van der Waals surface area contributed by atoms with E-state index in [0.717, 1.165) is 22.3 Å². The van der Waals surface area contributed by atoms with Crippen molar-refractivity contribution in [1.82, 2.24) is 9.61 Å². The Morgan fingerprint density at radius 1 is 0.432 bits per heavy atom. The minimum Gasteiger partial charge on any atom is -0.232 e. The zero-order valence-corrected chi connectivity index (χ0v) is 24.1. The van der Waals surface area contributed by atoms with Crippen LogP contribution in [0, 0.1) is 0 Å². The Bertz CT molecular complexity index is 2270. The van der Waals surface area contributed by atoms with Gasteiger partial charge in [0.1, 0.15) is 0 Å². The second-order valence-electron chi connectivity index (χ2n) is 11.6. The first-order valence-corrected chi connectivity index (χ1v) is 15.1. The molecule has 0 aliphatic heterocycles. The van der Waals surface area contributed by atoms with Crippen LogP contribution in [-0.2, 0) is 5.41 Å². The molecule has 9 rings (SSSR count). The second-order valence-corrected chi connectivity index (χ2v) is 11.6. The standard InChI is InChI=1S/C42H28N2/c1-3-12-33(13-4-1)42(34-14-5-2-6-15-34)38-17-9-8-16-36(38)37-26-24-32(27-39(37)42)29-19-21-30(22-20-29)40-28-35-25-23-31-11-7-10-18-41(31)44(35)43-40/h1-28H. The predicted molar refractivity (Wildman–Crippen MR) is 181 cm³/mol. The van der Waals surface area contributed by atoms with Gasteiger partial charge in [0.15, 0.2) is 0 Å². The van der Waals surface area contributed by atoms with E-state index in [-0.39, 0.29) is 0 Å². The lowest BCUT2D eigenvalue weighted by molar-refractivity contribution is 0.769. The Morgan fingerprint density at radius 2 is 1.05 bits per heavy atom. The Labute approximate surface area is 256 Å². The highest BCUT2D eigenvalue weighted by atomic mass is 15.2. The van der Waals surface area contributed by atoms with Crippen LogP contribution in [-0.4, -0.2) is 9.61 Å². The van der Waals surface area contributed by atoms with E-state index in [4.69, 9.17) is 5.10 Å². The smallest absolute Gasteiger partial charge is 0.0933 e. The van der Waals surface area contributed by atoms with Crippen molar-refractivity contribution < 1.29 is 0 Å². The van der Waals surface area contributed by atoms with E-state index in [9.17, 15) is 0 Å². The van der Waals surface area contributed by atoms with Crippen LogP contribution < -0.4 is 0 Å². The van der Waals surface area contributed by atoms with Gasteiger partial charge in [-0.05, 0) is 68.8 Å². The monoisotopic (exact) mass is 560 g/mol. The number of para-hydroxylation sites is 1. The quantitative estimate of drug-likeness (QED) is 0.209. The third-order valence-electron chi connectivity index (χ3n) is 9.31. The van der Waals surface area contributed by atoms with Gasteiger partial charge in [0.25, 0.3) is 0 Å². The molecule has 0 radical (unpaired) electrons. The van der Waals surface area contributed by atoms with Crippen molar-refractivity contribution in [1.29, 1.82) is 0 Å². The molecule has 2 heteroatoms. The zero-order valence-electron chi connectivity index (χ0n) is 24.1. The number of rotatable bonds is 4. The Morgan fingerprint density at radius 3 is 1.82 bits per heavy atom. The average molecular weight is 561 g/mol. The van der Waals surface area contributed by atoms with E-state index >= 15 is 0 Å². The van der Waals surface area contributed by atoms with Crippen LogP contribution in [0.1, 0.15) is 22.3 Å². The van der Waals surface area contributed by atoms with E-state index in [1.165, 1.54) is 49.9 Å². The first-order chi connectivity index (χ1) is 21.8. The van der Waals surface area contributed by atoms with Crippen molar-refractivity contribution in [3.8, 4) is 33.5 Å². The molecule has 2 heterocycles. The van der Waals surface area contributed by atoms with Crippen molar-refractivity contribution in [2.75, 3.05) is 0 Å². The van der Waals surface area contributed by atoms with Crippen LogP contribution in [0.3, 0.4) is 0 Å². The summed E-state index contributed by atoms with van der Waals surface area (Å²) in [4.78, 5) is 0. The molecular formula is C42H28N2. The summed E-state index contributed by atoms with van der Waals surface area (Å²) in [6.07, 6.45) is 0.